The summed E-state index contributed by atoms with van der Waals surface area (Å²) in [4.78, 5) is 0. The molecule has 0 saturated heterocycles. The summed E-state index contributed by atoms with van der Waals surface area (Å²) in [5, 5.41) is 0.716. The van der Waals surface area contributed by atoms with Gasteiger partial charge in [0.1, 0.15) is 5.75 Å². The first kappa shape index (κ1) is 12.7. The first-order valence-corrected chi connectivity index (χ1v) is 6.76. The largest absolute Gasteiger partial charge is 0.490 e. The van der Waals surface area contributed by atoms with Gasteiger partial charge in [-0.1, -0.05) is 18.0 Å². The van der Waals surface area contributed by atoms with E-state index in [0.29, 0.717) is 11.1 Å². The average molecular weight is 254 g/mol. The van der Waals surface area contributed by atoms with Gasteiger partial charge in [0, 0.05) is 16.6 Å². The Labute approximate surface area is 108 Å². The van der Waals surface area contributed by atoms with E-state index in [9.17, 15) is 0 Å². The summed E-state index contributed by atoms with van der Waals surface area (Å²) in [5.74, 6) is 0.899. The highest BCUT2D eigenvalue weighted by molar-refractivity contribution is 6.30. The first-order chi connectivity index (χ1) is 8.16. The monoisotopic (exact) mass is 253 g/mol. The molecule has 0 aliphatic heterocycles. The number of benzene rings is 1. The molecule has 17 heavy (non-hydrogen) atoms. The van der Waals surface area contributed by atoms with Crippen LogP contribution >= 0.6 is 11.6 Å². The number of hydrogen-bond donors (Lipinski definition) is 1. The van der Waals surface area contributed by atoms with Crippen molar-refractivity contribution in [2.45, 2.75) is 51.2 Å². The topological polar surface area (TPSA) is 35.2 Å². The van der Waals surface area contributed by atoms with Crippen molar-refractivity contribution in [2.24, 2.45) is 5.73 Å². The normalized spacial score (nSPS) is 19.0. The summed E-state index contributed by atoms with van der Waals surface area (Å²) in [7, 11) is 0. The molecule has 0 unspecified atom stereocenters. The van der Waals surface area contributed by atoms with E-state index >= 15 is 0 Å². The van der Waals surface area contributed by atoms with Crippen molar-refractivity contribution in [3.8, 4) is 5.75 Å². The lowest BCUT2D eigenvalue weighted by atomic mass is 9.97. The molecule has 0 spiro atoms. The molecule has 1 atom stereocenters. The molecular formula is C14H20ClNO. The highest BCUT2D eigenvalue weighted by Crippen LogP contribution is 2.30. The Morgan fingerprint density at radius 3 is 2.65 bits per heavy atom. The van der Waals surface area contributed by atoms with Crippen LogP contribution in [0.15, 0.2) is 18.2 Å². The molecule has 2 N–H and O–H groups in total. The summed E-state index contributed by atoms with van der Waals surface area (Å²) in [6.07, 6.45) is 6.53. The van der Waals surface area contributed by atoms with Crippen molar-refractivity contribution in [2.75, 3.05) is 0 Å². The molecule has 0 heterocycles. The molecule has 94 valence electrons. The highest BCUT2D eigenvalue weighted by atomic mass is 35.5. The van der Waals surface area contributed by atoms with Crippen LogP contribution in [0.3, 0.4) is 0 Å². The zero-order chi connectivity index (χ0) is 12.3. The van der Waals surface area contributed by atoms with Gasteiger partial charge in [0.25, 0.3) is 0 Å². The van der Waals surface area contributed by atoms with E-state index in [2.05, 4.69) is 0 Å². The van der Waals surface area contributed by atoms with Crippen molar-refractivity contribution >= 4 is 11.6 Å². The standard InChI is InChI=1S/C14H20ClNO/c1-10(16)13-9-11(15)7-8-14(13)17-12-5-3-2-4-6-12/h7-10,12H,2-6,16H2,1H3/t10-/m0/s1. The van der Waals surface area contributed by atoms with Gasteiger partial charge in [-0.3, -0.25) is 0 Å². The van der Waals surface area contributed by atoms with Gasteiger partial charge in [0.05, 0.1) is 6.10 Å². The maximum absolute atomic E-state index is 6.06. The zero-order valence-electron chi connectivity index (χ0n) is 10.3. The van der Waals surface area contributed by atoms with E-state index < -0.39 is 0 Å². The van der Waals surface area contributed by atoms with Crippen LogP contribution in [-0.4, -0.2) is 6.10 Å². The SMILES string of the molecule is C[C@H](N)c1cc(Cl)ccc1OC1CCCCC1. The van der Waals surface area contributed by atoms with E-state index in [1.54, 1.807) is 0 Å². The molecule has 2 rings (SSSR count). The number of ether oxygens (including phenoxy) is 1. The molecule has 1 saturated carbocycles. The van der Waals surface area contributed by atoms with Gasteiger partial charge in [0.15, 0.2) is 0 Å². The van der Waals surface area contributed by atoms with Crippen LogP contribution in [-0.2, 0) is 0 Å². The number of hydrogen-bond acceptors (Lipinski definition) is 2. The van der Waals surface area contributed by atoms with Crippen molar-refractivity contribution in [1.82, 2.24) is 0 Å². The minimum Gasteiger partial charge on any atom is -0.490 e. The Balaban J connectivity index is 2.13. The summed E-state index contributed by atoms with van der Waals surface area (Å²) < 4.78 is 6.06. The Kier molecular flexibility index (Phi) is 4.30. The second-order valence-electron chi connectivity index (χ2n) is 4.85. The smallest absolute Gasteiger partial charge is 0.124 e. The van der Waals surface area contributed by atoms with Gasteiger partial charge in [-0.2, -0.15) is 0 Å². The van der Waals surface area contributed by atoms with Gasteiger partial charge in [0.2, 0.25) is 0 Å². The number of nitrogens with two attached hydrogens (primary N) is 1. The van der Waals surface area contributed by atoms with E-state index in [1.165, 1.54) is 19.3 Å². The lowest BCUT2D eigenvalue weighted by Gasteiger charge is -2.25. The molecule has 0 aromatic heterocycles. The average Bonchev–Trinajstić information content (AvgIpc) is 2.32. The number of halogens is 1. The van der Waals surface area contributed by atoms with Crippen molar-refractivity contribution in [1.29, 1.82) is 0 Å². The Morgan fingerprint density at radius 2 is 2.00 bits per heavy atom. The van der Waals surface area contributed by atoms with E-state index in [-0.39, 0.29) is 6.04 Å². The summed E-state index contributed by atoms with van der Waals surface area (Å²) in [6.45, 7) is 1.96. The molecule has 1 aromatic rings. The summed E-state index contributed by atoms with van der Waals surface area (Å²) in [5.41, 5.74) is 6.95. The lowest BCUT2D eigenvalue weighted by Crippen LogP contribution is -2.21. The van der Waals surface area contributed by atoms with Crippen LogP contribution in [0.2, 0.25) is 5.02 Å². The van der Waals surface area contributed by atoms with Gasteiger partial charge in [-0.25, -0.2) is 0 Å². The third-order valence-corrected chi connectivity index (χ3v) is 3.54. The summed E-state index contributed by atoms with van der Waals surface area (Å²) >= 11 is 5.99. The fourth-order valence-corrected chi connectivity index (χ4v) is 2.53. The highest BCUT2D eigenvalue weighted by Gasteiger charge is 2.17. The molecule has 0 amide bonds. The van der Waals surface area contributed by atoms with Gasteiger partial charge in [-0.05, 0) is 50.8 Å². The predicted molar refractivity (Wildman–Crippen MR) is 71.6 cm³/mol. The lowest BCUT2D eigenvalue weighted by molar-refractivity contribution is 0.153. The van der Waals surface area contributed by atoms with Gasteiger partial charge < -0.3 is 10.5 Å². The molecule has 0 radical (unpaired) electrons. The molecule has 1 aliphatic carbocycles. The van der Waals surface area contributed by atoms with E-state index in [4.69, 9.17) is 22.1 Å². The first-order valence-electron chi connectivity index (χ1n) is 6.38. The Hall–Kier alpha value is -0.730. The van der Waals surface area contributed by atoms with Gasteiger partial charge in [-0.15, -0.1) is 0 Å². The number of rotatable bonds is 3. The van der Waals surface area contributed by atoms with E-state index in [1.807, 2.05) is 25.1 Å². The third kappa shape index (κ3) is 3.36. The van der Waals surface area contributed by atoms with Crippen LogP contribution in [0.1, 0.15) is 50.6 Å². The zero-order valence-corrected chi connectivity index (χ0v) is 11.0. The van der Waals surface area contributed by atoms with Crippen molar-refractivity contribution in [3.63, 3.8) is 0 Å². The summed E-state index contributed by atoms with van der Waals surface area (Å²) in [6, 6.07) is 5.67. The minimum atomic E-state index is -0.0488. The van der Waals surface area contributed by atoms with Gasteiger partial charge >= 0.3 is 0 Å². The molecule has 0 bridgehead atoms. The van der Waals surface area contributed by atoms with Crippen molar-refractivity contribution in [3.05, 3.63) is 28.8 Å². The minimum absolute atomic E-state index is 0.0488. The van der Waals surface area contributed by atoms with E-state index in [0.717, 1.165) is 24.2 Å². The second-order valence-corrected chi connectivity index (χ2v) is 5.29. The maximum Gasteiger partial charge on any atom is 0.124 e. The van der Waals surface area contributed by atoms with Crippen LogP contribution in [0.25, 0.3) is 0 Å². The fourth-order valence-electron chi connectivity index (χ4n) is 2.35. The van der Waals surface area contributed by atoms with Crippen molar-refractivity contribution < 1.29 is 4.74 Å². The third-order valence-electron chi connectivity index (χ3n) is 3.31. The quantitative estimate of drug-likeness (QED) is 0.881. The van der Waals surface area contributed by atoms with Crippen LogP contribution in [0.5, 0.6) is 5.75 Å². The molecular weight excluding hydrogens is 234 g/mol. The Morgan fingerprint density at radius 1 is 1.29 bits per heavy atom. The molecule has 1 fully saturated rings. The van der Waals surface area contributed by atoms with Crippen LogP contribution < -0.4 is 10.5 Å². The predicted octanol–water partition coefficient (Wildman–Crippen LogP) is 4.07. The second kappa shape index (κ2) is 5.74. The molecule has 1 aliphatic rings. The fraction of sp³-hybridized carbons (Fsp3) is 0.571. The molecule has 2 nitrogen and oxygen atoms in total. The molecule has 3 heteroatoms. The van der Waals surface area contributed by atoms with Crippen LogP contribution in [0.4, 0.5) is 0 Å². The maximum atomic E-state index is 6.06. The molecule has 1 aromatic carbocycles. The van der Waals surface area contributed by atoms with Crippen LogP contribution in [0, 0.1) is 0 Å². The Bertz CT molecular complexity index is 372.